The molecular formula is C12H23NO2. The number of rotatable bonds is 3. The van der Waals surface area contributed by atoms with Gasteiger partial charge in [-0.05, 0) is 32.7 Å². The molecule has 3 heteroatoms. The van der Waals surface area contributed by atoms with Crippen LogP contribution in [0.1, 0.15) is 46.0 Å². The first-order chi connectivity index (χ1) is 7.20. The van der Waals surface area contributed by atoms with Crippen molar-refractivity contribution < 1.29 is 9.53 Å². The largest absolute Gasteiger partial charge is 0.468 e. The van der Waals surface area contributed by atoms with E-state index in [0.717, 1.165) is 13.0 Å². The van der Waals surface area contributed by atoms with Crippen molar-refractivity contribution in [1.82, 2.24) is 4.90 Å². The molecule has 0 saturated carbocycles. The molecule has 88 valence electrons. The van der Waals surface area contributed by atoms with Crippen LogP contribution >= 0.6 is 0 Å². The molecular weight excluding hydrogens is 190 g/mol. The fourth-order valence-electron chi connectivity index (χ4n) is 2.45. The van der Waals surface area contributed by atoms with Crippen molar-refractivity contribution >= 4 is 5.97 Å². The maximum atomic E-state index is 11.5. The van der Waals surface area contributed by atoms with Crippen molar-refractivity contribution in [2.75, 3.05) is 13.7 Å². The summed E-state index contributed by atoms with van der Waals surface area (Å²) in [4.78, 5) is 13.8. The van der Waals surface area contributed by atoms with Crippen LogP contribution in [0.4, 0.5) is 0 Å². The van der Waals surface area contributed by atoms with Crippen molar-refractivity contribution in [3.63, 3.8) is 0 Å². The predicted octanol–water partition coefficient (Wildman–Crippen LogP) is 2.20. The van der Waals surface area contributed by atoms with Gasteiger partial charge in [0.2, 0.25) is 0 Å². The fourth-order valence-corrected chi connectivity index (χ4v) is 2.45. The molecule has 2 unspecified atom stereocenters. The number of methoxy groups -OCH3 is 1. The molecule has 0 aliphatic carbocycles. The van der Waals surface area contributed by atoms with Gasteiger partial charge in [0.15, 0.2) is 0 Å². The van der Waals surface area contributed by atoms with Crippen molar-refractivity contribution in [2.24, 2.45) is 0 Å². The summed E-state index contributed by atoms with van der Waals surface area (Å²) in [6, 6.07) is 0.472. The van der Waals surface area contributed by atoms with E-state index in [1.165, 1.54) is 32.8 Å². The van der Waals surface area contributed by atoms with Crippen LogP contribution in [0.2, 0.25) is 0 Å². The van der Waals surface area contributed by atoms with Gasteiger partial charge >= 0.3 is 5.97 Å². The Kier molecular flexibility index (Phi) is 5.09. The first-order valence-electron chi connectivity index (χ1n) is 6.04. The van der Waals surface area contributed by atoms with Crippen LogP contribution in [-0.2, 0) is 9.53 Å². The van der Waals surface area contributed by atoms with Gasteiger partial charge < -0.3 is 4.74 Å². The van der Waals surface area contributed by atoms with Crippen molar-refractivity contribution in [3.8, 4) is 0 Å². The molecule has 0 aromatic carbocycles. The van der Waals surface area contributed by atoms with E-state index in [4.69, 9.17) is 4.74 Å². The molecule has 15 heavy (non-hydrogen) atoms. The summed E-state index contributed by atoms with van der Waals surface area (Å²) in [5.74, 6) is -0.102. The molecule has 2 atom stereocenters. The lowest BCUT2D eigenvalue weighted by Crippen LogP contribution is -2.45. The van der Waals surface area contributed by atoms with Gasteiger partial charge in [-0.25, -0.2) is 0 Å². The molecule has 1 aliphatic heterocycles. The van der Waals surface area contributed by atoms with Gasteiger partial charge in [0.1, 0.15) is 6.04 Å². The zero-order chi connectivity index (χ0) is 11.3. The highest BCUT2D eigenvalue weighted by Crippen LogP contribution is 2.21. The molecule has 0 amide bonds. The van der Waals surface area contributed by atoms with Crippen molar-refractivity contribution in [1.29, 1.82) is 0 Å². The Labute approximate surface area is 92.8 Å². The van der Waals surface area contributed by atoms with Crippen LogP contribution in [0, 0.1) is 0 Å². The van der Waals surface area contributed by atoms with Crippen molar-refractivity contribution in [3.05, 3.63) is 0 Å². The molecule has 1 aliphatic rings. The minimum absolute atomic E-state index is 0.0851. The Morgan fingerprint density at radius 1 is 1.47 bits per heavy atom. The van der Waals surface area contributed by atoms with Crippen molar-refractivity contribution in [2.45, 2.75) is 58.0 Å². The highest BCUT2D eigenvalue weighted by atomic mass is 16.5. The Bertz CT molecular complexity index is 206. The zero-order valence-electron chi connectivity index (χ0n) is 10.2. The first kappa shape index (κ1) is 12.5. The maximum absolute atomic E-state index is 11.5. The molecule has 0 spiro atoms. The van der Waals surface area contributed by atoms with E-state index in [1.54, 1.807) is 0 Å². The Hall–Kier alpha value is -0.570. The van der Waals surface area contributed by atoms with E-state index in [2.05, 4.69) is 11.8 Å². The molecule has 1 fully saturated rings. The number of nitrogens with zero attached hydrogens (tertiary/aromatic N) is 1. The average molecular weight is 213 g/mol. The number of hydrogen-bond acceptors (Lipinski definition) is 3. The third-order valence-electron chi connectivity index (χ3n) is 3.43. The van der Waals surface area contributed by atoms with Crippen LogP contribution in [0.15, 0.2) is 0 Å². The lowest BCUT2D eigenvalue weighted by atomic mass is 10.1. The first-order valence-corrected chi connectivity index (χ1v) is 6.04. The highest BCUT2D eigenvalue weighted by molar-refractivity contribution is 5.75. The molecule has 0 aromatic heterocycles. The maximum Gasteiger partial charge on any atom is 0.322 e. The number of likely N-dealkylation sites (tertiary alicyclic amines) is 1. The second kappa shape index (κ2) is 6.11. The molecule has 0 N–H and O–H groups in total. The minimum Gasteiger partial charge on any atom is -0.468 e. The number of ether oxygens (including phenoxy) is 1. The number of esters is 1. The predicted molar refractivity (Wildman–Crippen MR) is 60.7 cm³/mol. The number of carbonyl (C=O) groups is 1. The third kappa shape index (κ3) is 3.20. The van der Waals surface area contributed by atoms with Gasteiger partial charge in [-0.2, -0.15) is 0 Å². The lowest BCUT2D eigenvalue weighted by Gasteiger charge is -2.32. The van der Waals surface area contributed by atoms with E-state index in [9.17, 15) is 4.79 Å². The summed E-state index contributed by atoms with van der Waals surface area (Å²) in [5.41, 5.74) is 0. The minimum atomic E-state index is -0.102. The van der Waals surface area contributed by atoms with Gasteiger partial charge in [0.05, 0.1) is 7.11 Å². The summed E-state index contributed by atoms with van der Waals surface area (Å²) in [7, 11) is 1.47. The average Bonchev–Trinajstić information content (AvgIpc) is 2.51. The molecule has 1 rings (SSSR count). The summed E-state index contributed by atoms with van der Waals surface area (Å²) in [5, 5.41) is 0. The Balaban J connectivity index is 2.65. The fraction of sp³-hybridized carbons (Fsp3) is 0.917. The normalized spacial score (nSPS) is 25.7. The standard InChI is InChI=1S/C12H23NO2/c1-4-11-8-6-5-7-9-13(11)10(2)12(14)15-3/h10-11H,4-9H2,1-3H3. The number of hydrogen-bond donors (Lipinski definition) is 0. The summed E-state index contributed by atoms with van der Waals surface area (Å²) in [6.45, 7) is 5.20. The lowest BCUT2D eigenvalue weighted by molar-refractivity contribution is -0.147. The SMILES string of the molecule is CCC1CCCCCN1C(C)C(=O)OC. The number of carbonyl (C=O) groups excluding carboxylic acids is 1. The highest BCUT2D eigenvalue weighted by Gasteiger charge is 2.28. The zero-order valence-corrected chi connectivity index (χ0v) is 10.2. The smallest absolute Gasteiger partial charge is 0.322 e. The monoisotopic (exact) mass is 213 g/mol. The van der Waals surface area contributed by atoms with E-state index < -0.39 is 0 Å². The van der Waals surface area contributed by atoms with Crippen LogP contribution < -0.4 is 0 Å². The Morgan fingerprint density at radius 3 is 2.80 bits per heavy atom. The van der Waals surface area contributed by atoms with Crippen LogP contribution in [0.5, 0.6) is 0 Å². The summed E-state index contributed by atoms with van der Waals surface area (Å²) >= 11 is 0. The van der Waals surface area contributed by atoms with Crippen LogP contribution in [0.3, 0.4) is 0 Å². The van der Waals surface area contributed by atoms with Crippen LogP contribution in [0.25, 0.3) is 0 Å². The molecule has 0 radical (unpaired) electrons. The van der Waals surface area contributed by atoms with Gasteiger partial charge in [-0.1, -0.05) is 19.8 Å². The van der Waals surface area contributed by atoms with Gasteiger partial charge in [0, 0.05) is 6.04 Å². The van der Waals surface area contributed by atoms with Gasteiger partial charge in [-0.3, -0.25) is 9.69 Å². The van der Waals surface area contributed by atoms with Gasteiger partial charge in [0.25, 0.3) is 0 Å². The topological polar surface area (TPSA) is 29.5 Å². The van der Waals surface area contributed by atoms with E-state index in [0.29, 0.717) is 6.04 Å². The summed E-state index contributed by atoms with van der Waals surface area (Å²) < 4.78 is 4.82. The molecule has 0 bridgehead atoms. The summed E-state index contributed by atoms with van der Waals surface area (Å²) in [6.07, 6.45) is 6.14. The molecule has 1 saturated heterocycles. The van der Waals surface area contributed by atoms with Gasteiger partial charge in [-0.15, -0.1) is 0 Å². The third-order valence-corrected chi connectivity index (χ3v) is 3.43. The van der Waals surface area contributed by atoms with Crippen LogP contribution in [-0.4, -0.2) is 36.6 Å². The van der Waals surface area contributed by atoms with E-state index in [1.807, 2.05) is 6.92 Å². The molecule has 0 aromatic rings. The second-order valence-electron chi connectivity index (χ2n) is 4.35. The van der Waals surface area contributed by atoms with E-state index >= 15 is 0 Å². The second-order valence-corrected chi connectivity index (χ2v) is 4.35. The quantitative estimate of drug-likeness (QED) is 0.673. The molecule has 1 heterocycles. The van der Waals surface area contributed by atoms with E-state index in [-0.39, 0.29) is 12.0 Å². The Morgan fingerprint density at radius 2 is 2.20 bits per heavy atom. The molecule has 3 nitrogen and oxygen atoms in total.